The van der Waals surface area contributed by atoms with E-state index in [2.05, 4.69) is 0 Å². The second kappa shape index (κ2) is 8.28. The van der Waals surface area contributed by atoms with Gasteiger partial charge in [-0.05, 0) is 74.4 Å². The highest BCUT2D eigenvalue weighted by Gasteiger charge is 2.34. The van der Waals surface area contributed by atoms with Gasteiger partial charge in [0, 0.05) is 31.2 Å². The third kappa shape index (κ3) is 3.96. The van der Waals surface area contributed by atoms with Gasteiger partial charge in [0.2, 0.25) is 15.9 Å². The number of carbonyl (C=O) groups is 1. The van der Waals surface area contributed by atoms with Crippen molar-refractivity contribution in [3.63, 3.8) is 0 Å². The van der Waals surface area contributed by atoms with Crippen molar-refractivity contribution in [1.29, 1.82) is 0 Å². The van der Waals surface area contributed by atoms with E-state index < -0.39 is 10.0 Å². The van der Waals surface area contributed by atoms with Crippen molar-refractivity contribution in [3.8, 4) is 0 Å². The maximum Gasteiger partial charge on any atom is 0.243 e. The van der Waals surface area contributed by atoms with Crippen molar-refractivity contribution < 1.29 is 13.2 Å². The molecule has 1 fully saturated rings. The first-order valence-electron chi connectivity index (χ1n) is 10.5. The first-order valence-corrected chi connectivity index (χ1v) is 11.9. The van der Waals surface area contributed by atoms with Crippen LogP contribution in [0.1, 0.15) is 37.3 Å². The van der Waals surface area contributed by atoms with Crippen LogP contribution in [0, 0.1) is 5.92 Å². The van der Waals surface area contributed by atoms with Crippen LogP contribution in [0.15, 0.2) is 53.4 Å². The molecule has 0 atom stereocenters. The van der Waals surface area contributed by atoms with Crippen LogP contribution in [-0.2, 0) is 27.7 Å². The highest BCUT2D eigenvalue weighted by Crippen LogP contribution is 2.29. The summed E-state index contributed by atoms with van der Waals surface area (Å²) >= 11 is 0. The second-order valence-electron chi connectivity index (χ2n) is 7.88. The summed E-state index contributed by atoms with van der Waals surface area (Å²) in [7, 11) is -3.50. The molecule has 1 saturated heterocycles. The van der Waals surface area contributed by atoms with Gasteiger partial charge < -0.3 is 4.90 Å². The smallest absolute Gasteiger partial charge is 0.243 e. The van der Waals surface area contributed by atoms with Crippen LogP contribution in [0.4, 0.5) is 5.69 Å². The van der Waals surface area contributed by atoms with Crippen molar-refractivity contribution in [2.24, 2.45) is 5.92 Å². The molecule has 0 N–H and O–H groups in total. The molecule has 1 aliphatic carbocycles. The molecule has 2 aromatic rings. The molecule has 0 spiro atoms. The topological polar surface area (TPSA) is 57.7 Å². The Morgan fingerprint density at radius 2 is 1.72 bits per heavy atom. The predicted molar refractivity (Wildman–Crippen MR) is 114 cm³/mol. The molecule has 0 aromatic heterocycles. The standard InChI is InChI=1S/C23H28N2O3S/c1-2-25(21-9-4-3-5-10-21)23(26)19-13-15-24(16-14-19)29(27,28)22-12-11-18-7-6-8-20(18)17-22/h3-5,9-12,17,19H,2,6-8,13-16H2,1H3. The Labute approximate surface area is 173 Å². The Hall–Kier alpha value is -2.18. The third-order valence-corrected chi connectivity index (χ3v) is 8.06. The summed E-state index contributed by atoms with van der Waals surface area (Å²) in [6.07, 6.45) is 4.22. The van der Waals surface area contributed by atoms with E-state index in [4.69, 9.17) is 0 Å². The Morgan fingerprint density at radius 1 is 1.03 bits per heavy atom. The predicted octanol–water partition coefficient (Wildman–Crippen LogP) is 3.63. The average Bonchev–Trinajstić information content (AvgIpc) is 3.23. The van der Waals surface area contributed by atoms with Crippen LogP contribution in [0.25, 0.3) is 0 Å². The number of anilines is 1. The van der Waals surface area contributed by atoms with Gasteiger partial charge in [0.15, 0.2) is 0 Å². The molecule has 2 aromatic carbocycles. The number of benzene rings is 2. The molecular weight excluding hydrogens is 384 g/mol. The van der Waals surface area contributed by atoms with Crippen LogP contribution in [-0.4, -0.2) is 38.3 Å². The number of aryl methyl sites for hydroxylation is 2. The van der Waals surface area contributed by atoms with Crippen LogP contribution in [0.2, 0.25) is 0 Å². The molecular formula is C23H28N2O3S. The van der Waals surface area contributed by atoms with Gasteiger partial charge in [-0.25, -0.2) is 8.42 Å². The third-order valence-electron chi connectivity index (χ3n) is 6.16. The number of rotatable bonds is 5. The van der Waals surface area contributed by atoms with E-state index in [0.29, 0.717) is 37.4 Å². The molecule has 5 nitrogen and oxygen atoms in total. The lowest BCUT2D eigenvalue weighted by atomic mass is 9.96. The second-order valence-corrected chi connectivity index (χ2v) is 9.82. The van der Waals surface area contributed by atoms with Crippen LogP contribution in [0.3, 0.4) is 0 Å². The highest BCUT2D eigenvalue weighted by molar-refractivity contribution is 7.89. The SMILES string of the molecule is CCN(C(=O)C1CCN(S(=O)(=O)c2ccc3c(c2)CCC3)CC1)c1ccccc1. The van der Waals surface area contributed by atoms with Gasteiger partial charge in [0.25, 0.3) is 0 Å². The van der Waals surface area contributed by atoms with Crippen molar-refractivity contribution in [2.75, 3.05) is 24.5 Å². The number of hydrogen-bond donors (Lipinski definition) is 0. The highest BCUT2D eigenvalue weighted by atomic mass is 32.2. The summed E-state index contributed by atoms with van der Waals surface area (Å²) in [5.74, 6) is -0.0464. The van der Waals surface area contributed by atoms with E-state index in [-0.39, 0.29) is 11.8 Å². The number of carbonyl (C=O) groups excluding carboxylic acids is 1. The lowest BCUT2D eigenvalue weighted by molar-refractivity contribution is -0.123. The van der Waals surface area contributed by atoms with Gasteiger partial charge in [0.1, 0.15) is 0 Å². The minimum Gasteiger partial charge on any atom is -0.312 e. The Kier molecular flexibility index (Phi) is 5.74. The Morgan fingerprint density at radius 3 is 2.41 bits per heavy atom. The molecule has 0 saturated carbocycles. The number of para-hydroxylation sites is 1. The molecule has 1 amide bonds. The molecule has 6 heteroatoms. The number of sulfonamides is 1. The molecule has 1 heterocycles. The van der Waals surface area contributed by atoms with Gasteiger partial charge in [-0.15, -0.1) is 0 Å². The van der Waals surface area contributed by atoms with Crippen LogP contribution in [0.5, 0.6) is 0 Å². The lowest BCUT2D eigenvalue weighted by Gasteiger charge is -2.33. The van der Waals surface area contributed by atoms with Crippen molar-refractivity contribution in [3.05, 3.63) is 59.7 Å². The number of nitrogens with zero attached hydrogens (tertiary/aromatic N) is 2. The first kappa shape index (κ1) is 20.1. The van der Waals surface area contributed by atoms with Gasteiger partial charge in [0.05, 0.1) is 4.90 Å². The fourth-order valence-electron chi connectivity index (χ4n) is 4.49. The van der Waals surface area contributed by atoms with E-state index in [1.165, 1.54) is 5.56 Å². The minimum atomic E-state index is -3.50. The molecule has 1 aliphatic heterocycles. The molecule has 4 rings (SSSR count). The van der Waals surface area contributed by atoms with Gasteiger partial charge >= 0.3 is 0 Å². The Balaban J connectivity index is 1.44. The fourth-order valence-corrected chi connectivity index (χ4v) is 6.02. The molecule has 29 heavy (non-hydrogen) atoms. The van der Waals surface area contributed by atoms with E-state index in [0.717, 1.165) is 30.5 Å². The van der Waals surface area contributed by atoms with E-state index >= 15 is 0 Å². The lowest BCUT2D eigenvalue weighted by Crippen LogP contribution is -2.44. The van der Waals surface area contributed by atoms with Crippen molar-refractivity contribution >= 4 is 21.6 Å². The minimum absolute atomic E-state index is 0.0910. The maximum absolute atomic E-state index is 13.1. The number of piperidine rings is 1. The zero-order chi connectivity index (χ0) is 20.4. The summed E-state index contributed by atoms with van der Waals surface area (Å²) in [4.78, 5) is 15.2. The normalized spacial score (nSPS) is 17.8. The monoisotopic (exact) mass is 412 g/mol. The Bertz CT molecular complexity index is 980. The molecule has 0 radical (unpaired) electrons. The summed E-state index contributed by atoms with van der Waals surface area (Å²) in [5, 5.41) is 0. The summed E-state index contributed by atoms with van der Waals surface area (Å²) in [6.45, 7) is 3.36. The van der Waals surface area contributed by atoms with Gasteiger partial charge in [-0.1, -0.05) is 24.3 Å². The zero-order valence-corrected chi connectivity index (χ0v) is 17.7. The fraction of sp³-hybridized carbons (Fsp3) is 0.435. The number of hydrogen-bond acceptors (Lipinski definition) is 3. The van der Waals surface area contributed by atoms with Crippen molar-refractivity contribution in [1.82, 2.24) is 4.31 Å². The first-order chi connectivity index (χ1) is 14.0. The maximum atomic E-state index is 13.1. The average molecular weight is 413 g/mol. The van der Waals surface area contributed by atoms with Gasteiger partial charge in [-0.2, -0.15) is 4.31 Å². The van der Waals surface area contributed by atoms with Crippen molar-refractivity contribution in [2.45, 2.75) is 43.9 Å². The zero-order valence-electron chi connectivity index (χ0n) is 16.9. The summed E-state index contributed by atoms with van der Waals surface area (Å²) < 4.78 is 27.8. The van der Waals surface area contributed by atoms with Crippen LogP contribution < -0.4 is 4.90 Å². The van der Waals surface area contributed by atoms with E-state index in [1.807, 2.05) is 49.4 Å². The molecule has 0 bridgehead atoms. The quantitative estimate of drug-likeness (QED) is 0.754. The largest absolute Gasteiger partial charge is 0.312 e. The number of amides is 1. The molecule has 2 aliphatic rings. The van der Waals surface area contributed by atoms with Gasteiger partial charge in [-0.3, -0.25) is 4.79 Å². The molecule has 0 unspecified atom stereocenters. The van der Waals surface area contributed by atoms with Crippen LogP contribution >= 0.6 is 0 Å². The summed E-state index contributed by atoms with van der Waals surface area (Å²) in [6, 6.07) is 15.2. The van der Waals surface area contributed by atoms with E-state index in [1.54, 1.807) is 15.3 Å². The number of fused-ring (bicyclic) bond motifs is 1. The van der Waals surface area contributed by atoms with E-state index in [9.17, 15) is 13.2 Å². The summed E-state index contributed by atoms with van der Waals surface area (Å²) in [5.41, 5.74) is 3.33. The molecule has 154 valence electrons.